The number of aliphatic imine (C=N–C) groups is 1. The number of carboxylic acid groups (broad SMARTS) is 1. The van der Waals surface area contributed by atoms with E-state index in [4.69, 9.17) is 25.6 Å². The normalized spacial score (nSPS) is 11.4. The number of aliphatic carboxylic acids is 1. The Morgan fingerprint density at radius 1 is 0.867 bits per heavy atom. The van der Waals surface area contributed by atoms with Crippen molar-refractivity contribution in [2.45, 2.75) is 51.2 Å². The first-order chi connectivity index (χ1) is 21.8. The van der Waals surface area contributed by atoms with Crippen LogP contribution in [0, 0.1) is 0 Å². The zero-order valence-electron chi connectivity index (χ0n) is 24.9. The highest BCUT2D eigenvalue weighted by molar-refractivity contribution is 5.96. The second kappa shape index (κ2) is 16.4. The number of nitrogens with zero attached hydrogens (tertiary/aromatic N) is 3. The van der Waals surface area contributed by atoms with Gasteiger partial charge in [0.05, 0.1) is 0 Å². The summed E-state index contributed by atoms with van der Waals surface area (Å²) in [6, 6.07) is 26.9. The fourth-order valence-electron chi connectivity index (χ4n) is 4.77. The highest BCUT2D eigenvalue weighted by atomic mass is 16.6. The standard InChI is InChI=1S/C34H37N5O6/c35-33(36)37-22-12-19-27(32(41)42)39(34(43)44-23-24-13-4-1-5-14-24)29(40)21-11-10-20-28-38-30(25-15-6-2-7-16-25)31(45-28)26-17-8-3-9-18-26/h1-9,13-18,27H,10-12,19-23H2,(H,41,42)(H4,35,36,37)/t27-/m0/s1. The number of aromatic nitrogens is 1. The van der Waals surface area contributed by atoms with Crippen LogP contribution in [0.25, 0.3) is 22.6 Å². The Kier molecular flexibility index (Phi) is 11.8. The summed E-state index contributed by atoms with van der Waals surface area (Å²) in [4.78, 5) is 48.1. The molecule has 11 nitrogen and oxygen atoms in total. The van der Waals surface area contributed by atoms with Crippen LogP contribution in [0.2, 0.25) is 0 Å². The van der Waals surface area contributed by atoms with E-state index < -0.39 is 24.0 Å². The summed E-state index contributed by atoms with van der Waals surface area (Å²) < 4.78 is 11.5. The molecule has 0 spiro atoms. The van der Waals surface area contributed by atoms with E-state index in [1.54, 1.807) is 24.3 Å². The fraction of sp³-hybridized carbons (Fsp3) is 0.265. The van der Waals surface area contributed by atoms with Gasteiger partial charge < -0.3 is 25.7 Å². The topological polar surface area (TPSA) is 174 Å². The van der Waals surface area contributed by atoms with Crippen molar-refractivity contribution in [3.05, 3.63) is 102 Å². The summed E-state index contributed by atoms with van der Waals surface area (Å²) in [7, 11) is 0. The smallest absolute Gasteiger partial charge is 0.417 e. The average Bonchev–Trinajstić information content (AvgIpc) is 3.48. The summed E-state index contributed by atoms with van der Waals surface area (Å²) in [6.45, 7) is 0.0424. The number of ether oxygens (including phenoxy) is 1. The van der Waals surface area contributed by atoms with Gasteiger partial charge >= 0.3 is 12.1 Å². The van der Waals surface area contributed by atoms with Crippen molar-refractivity contribution in [1.29, 1.82) is 0 Å². The van der Waals surface area contributed by atoms with Gasteiger partial charge in [-0.3, -0.25) is 9.79 Å². The van der Waals surface area contributed by atoms with E-state index in [-0.39, 0.29) is 38.4 Å². The van der Waals surface area contributed by atoms with Crippen molar-refractivity contribution in [3.8, 4) is 22.6 Å². The number of guanidine groups is 1. The average molecular weight is 612 g/mol. The van der Waals surface area contributed by atoms with Crippen LogP contribution in [0.5, 0.6) is 0 Å². The SMILES string of the molecule is NC(N)=NCCC[C@@H](C(=O)O)N(C(=O)CCCCc1nc(-c2ccccc2)c(-c2ccccc2)o1)C(=O)OCc1ccccc1. The molecule has 0 fully saturated rings. The quantitative estimate of drug-likeness (QED) is 0.0904. The highest BCUT2D eigenvalue weighted by Crippen LogP contribution is 2.33. The van der Waals surface area contributed by atoms with Crippen molar-refractivity contribution in [2.24, 2.45) is 16.5 Å². The molecule has 0 bridgehead atoms. The van der Waals surface area contributed by atoms with E-state index in [0.29, 0.717) is 41.4 Å². The third-order valence-corrected chi connectivity index (χ3v) is 6.98. The molecular formula is C34H37N5O6. The lowest BCUT2D eigenvalue weighted by Gasteiger charge is -2.26. The molecule has 3 aromatic carbocycles. The second-order valence-electron chi connectivity index (χ2n) is 10.3. The fourth-order valence-corrected chi connectivity index (χ4v) is 4.77. The number of unbranched alkanes of at least 4 members (excludes halogenated alkanes) is 1. The number of carbonyl (C=O) groups excluding carboxylic acids is 2. The van der Waals surface area contributed by atoms with E-state index in [0.717, 1.165) is 16.8 Å². The van der Waals surface area contributed by atoms with Crippen molar-refractivity contribution >= 4 is 23.9 Å². The van der Waals surface area contributed by atoms with Crippen molar-refractivity contribution in [3.63, 3.8) is 0 Å². The third kappa shape index (κ3) is 9.52. The van der Waals surface area contributed by atoms with Crippen LogP contribution in [0.15, 0.2) is 100 Å². The predicted molar refractivity (Wildman–Crippen MR) is 170 cm³/mol. The minimum Gasteiger partial charge on any atom is -0.480 e. The van der Waals surface area contributed by atoms with Crippen molar-refractivity contribution in [2.75, 3.05) is 6.54 Å². The zero-order chi connectivity index (χ0) is 32.0. The van der Waals surface area contributed by atoms with Crippen LogP contribution in [0.3, 0.4) is 0 Å². The molecule has 0 unspecified atom stereocenters. The first-order valence-electron chi connectivity index (χ1n) is 14.7. The lowest BCUT2D eigenvalue weighted by Crippen LogP contribution is -2.49. The molecule has 45 heavy (non-hydrogen) atoms. The van der Waals surface area contributed by atoms with Gasteiger partial charge in [0, 0.05) is 30.5 Å². The van der Waals surface area contributed by atoms with E-state index in [2.05, 4.69) is 4.99 Å². The number of aryl methyl sites for hydroxylation is 1. The lowest BCUT2D eigenvalue weighted by atomic mass is 10.1. The summed E-state index contributed by atoms with van der Waals surface area (Å²) in [5.41, 5.74) is 14.0. The van der Waals surface area contributed by atoms with Crippen LogP contribution < -0.4 is 11.5 Å². The number of hydrogen-bond donors (Lipinski definition) is 3. The van der Waals surface area contributed by atoms with Crippen LogP contribution in [0.4, 0.5) is 4.79 Å². The molecule has 0 radical (unpaired) electrons. The number of amides is 2. The minimum atomic E-state index is -1.44. The molecule has 0 aliphatic carbocycles. The molecule has 11 heteroatoms. The van der Waals surface area contributed by atoms with Gasteiger partial charge in [-0.1, -0.05) is 91.0 Å². The Morgan fingerprint density at radius 3 is 2.11 bits per heavy atom. The van der Waals surface area contributed by atoms with Crippen LogP contribution in [-0.2, 0) is 27.4 Å². The summed E-state index contributed by atoms with van der Waals surface area (Å²) in [5, 5.41) is 9.96. The van der Waals surface area contributed by atoms with Crippen molar-refractivity contribution in [1.82, 2.24) is 9.88 Å². The third-order valence-electron chi connectivity index (χ3n) is 6.98. The monoisotopic (exact) mass is 611 g/mol. The molecule has 0 aliphatic rings. The maximum absolute atomic E-state index is 13.4. The Labute approximate surface area is 261 Å². The van der Waals surface area contributed by atoms with Gasteiger partial charge in [0.25, 0.3) is 0 Å². The maximum Gasteiger partial charge on any atom is 0.417 e. The molecule has 4 aromatic rings. The summed E-state index contributed by atoms with van der Waals surface area (Å²) in [6.07, 6.45) is 0.428. The number of imide groups is 1. The molecule has 5 N–H and O–H groups in total. The van der Waals surface area contributed by atoms with E-state index in [1.165, 1.54) is 0 Å². The summed E-state index contributed by atoms with van der Waals surface area (Å²) in [5.74, 6) is -0.932. The first-order valence-corrected chi connectivity index (χ1v) is 14.7. The maximum atomic E-state index is 13.4. The summed E-state index contributed by atoms with van der Waals surface area (Å²) >= 11 is 0. The molecule has 1 atom stereocenters. The van der Waals surface area contributed by atoms with Gasteiger partial charge in [0.15, 0.2) is 17.6 Å². The predicted octanol–water partition coefficient (Wildman–Crippen LogP) is 5.39. The Hall–Kier alpha value is -5.45. The Bertz CT molecular complexity index is 1510. The Morgan fingerprint density at radius 2 is 1.49 bits per heavy atom. The molecule has 0 saturated heterocycles. The van der Waals surface area contributed by atoms with E-state index >= 15 is 0 Å². The number of benzene rings is 3. The number of carboxylic acids is 1. The van der Waals surface area contributed by atoms with Crippen LogP contribution in [0.1, 0.15) is 43.6 Å². The molecule has 234 valence electrons. The van der Waals surface area contributed by atoms with Crippen LogP contribution >= 0.6 is 0 Å². The number of oxazole rings is 1. The van der Waals surface area contributed by atoms with E-state index in [9.17, 15) is 19.5 Å². The minimum absolute atomic E-state index is 0.0425. The lowest BCUT2D eigenvalue weighted by molar-refractivity contribution is -0.149. The van der Waals surface area contributed by atoms with Gasteiger partial charge in [0.1, 0.15) is 18.3 Å². The molecule has 2 amide bonds. The molecule has 0 saturated carbocycles. The molecule has 0 aliphatic heterocycles. The molecular weight excluding hydrogens is 574 g/mol. The van der Waals surface area contributed by atoms with Gasteiger partial charge in [-0.25, -0.2) is 19.5 Å². The largest absolute Gasteiger partial charge is 0.480 e. The number of rotatable bonds is 15. The molecule has 1 heterocycles. The van der Waals surface area contributed by atoms with E-state index in [1.807, 2.05) is 66.7 Å². The second-order valence-corrected chi connectivity index (χ2v) is 10.3. The van der Waals surface area contributed by atoms with Gasteiger partial charge in [0.2, 0.25) is 5.91 Å². The zero-order valence-corrected chi connectivity index (χ0v) is 24.9. The highest BCUT2D eigenvalue weighted by Gasteiger charge is 2.35. The number of nitrogens with two attached hydrogens (primary N) is 2. The van der Waals surface area contributed by atoms with Crippen molar-refractivity contribution < 1.29 is 28.6 Å². The van der Waals surface area contributed by atoms with Crippen LogP contribution in [-0.4, -0.2) is 51.5 Å². The molecule has 4 rings (SSSR count). The molecule has 1 aromatic heterocycles. The van der Waals surface area contributed by atoms with Gasteiger partial charge in [-0.15, -0.1) is 0 Å². The van der Waals surface area contributed by atoms with Gasteiger partial charge in [-0.2, -0.15) is 0 Å². The Balaban J connectivity index is 1.43. The number of carbonyl (C=O) groups is 3. The first kappa shape index (κ1) is 32.5. The number of hydrogen-bond acceptors (Lipinski definition) is 7. The van der Waals surface area contributed by atoms with Gasteiger partial charge in [-0.05, 0) is 31.2 Å².